The average Bonchev–Trinajstić information content (AvgIpc) is 2.39. The molecule has 1 aromatic rings. The minimum atomic E-state index is -0.236. The fourth-order valence-electron chi connectivity index (χ4n) is 2.53. The molecule has 2 aliphatic rings. The molecule has 1 aliphatic carbocycles. The molecule has 1 saturated carbocycles. The Morgan fingerprint density at radius 1 is 1.37 bits per heavy atom. The highest BCUT2D eigenvalue weighted by Gasteiger charge is 2.22. The van der Waals surface area contributed by atoms with Crippen LogP contribution in [0.25, 0.3) is 0 Å². The number of halogens is 1. The molecule has 19 heavy (non-hydrogen) atoms. The molecule has 1 atom stereocenters. The van der Waals surface area contributed by atoms with E-state index in [1.54, 1.807) is 6.07 Å². The van der Waals surface area contributed by atoms with Crippen LogP contribution < -0.4 is 10.1 Å². The van der Waals surface area contributed by atoms with Gasteiger partial charge in [-0.1, -0.05) is 6.42 Å². The fraction of sp³-hybridized carbons (Fsp3) is 0.600. The van der Waals surface area contributed by atoms with Crippen molar-refractivity contribution in [2.75, 3.05) is 26.3 Å². The van der Waals surface area contributed by atoms with Gasteiger partial charge in [0.05, 0.1) is 19.3 Å². The van der Waals surface area contributed by atoms with Crippen molar-refractivity contribution in [1.29, 1.82) is 0 Å². The molecule has 1 saturated heterocycles. The molecule has 1 unspecified atom stereocenters. The average molecular weight is 265 g/mol. The summed E-state index contributed by atoms with van der Waals surface area (Å²) in [6, 6.07) is 4.71. The number of ether oxygens (including phenoxy) is 2. The van der Waals surface area contributed by atoms with E-state index in [-0.39, 0.29) is 11.9 Å². The SMILES string of the molecule is Fc1ccc(OCC2CCC2)c(C2CNCCO2)c1. The third-order valence-electron chi connectivity index (χ3n) is 3.95. The van der Waals surface area contributed by atoms with Gasteiger partial charge in [-0.2, -0.15) is 0 Å². The van der Waals surface area contributed by atoms with Crippen LogP contribution in [0.15, 0.2) is 18.2 Å². The van der Waals surface area contributed by atoms with Crippen molar-refractivity contribution < 1.29 is 13.9 Å². The molecule has 0 aromatic heterocycles. The van der Waals surface area contributed by atoms with Crippen LogP contribution in [0.3, 0.4) is 0 Å². The summed E-state index contributed by atoms with van der Waals surface area (Å²) in [5.74, 6) is 1.20. The lowest BCUT2D eigenvalue weighted by Gasteiger charge is -2.28. The number of nitrogens with one attached hydrogen (secondary N) is 1. The predicted octanol–water partition coefficient (Wildman–Crippen LogP) is 2.67. The van der Waals surface area contributed by atoms with E-state index in [0.29, 0.717) is 19.1 Å². The summed E-state index contributed by atoms with van der Waals surface area (Å²) in [7, 11) is 0. The summed E-state index contributed by atoms with van der Waals surface area (Å²) in [6.07, 6.45) is 3.69. The molecule has 1 N–H and O–H groups in total. The summed E-state index contributed by atoms with van der Waals surface area (Å²) in [5.41, 5.74) is 0.825. The Morgan fingerprint density at radius 3 is 2.95 bits per heavy atom. The second-order valence-corrected chi connectivity index (χ2v) is 5.35. The highest BCUT2D eigenvalue weighted by atomic mass is 19.1. The molecule has 1 aliphatic heterocycles. The highest BCUT2D eigenvalue weighted by molar-refractivity contribution is 5.36. The van der Waals surface area contributed by atoms with E-state index in [2.05, 4.69) is 5.32 Å². The zero-order chi connectivity index (χ0) is 13.1. The van der Waals surface area contributed by atoms with E-state index in [1.165, 1.54) is 31.4 Å². The lowest BCUT2D eigenvalue weighted by atomic mass is 9.86. The Morgan fingerprint density at radius 2 is 2.26 bits per heavy atom. The molecule has 3 rings (SSSR count). The zero-order valence-electron chi connectivity index (χ0n) is 11.0. The van der Waals surface area contributed by atoms with Crippen molar-refractivity contribution in [3.05, 3.63) is 29.6 Å². The van der Waals surface area contributed by atoms with Crippen LogP contribution in [0, 0.1) is 11.7 Å². The summed E-state index contributed by atoms with van der Waals surface area (Å²) >= 11 is 0. The van der Waals surface area contributed by atoms with Crippen molar-refractivity contribution in [1.82, 2.24) is 5.32 Å². The molecule has 1 aromatic carbocycles. The van der Waals surface area contributed by atoms with Gasteiger partial charge >= 0.3 is 0 Å². The maximum atomic E-state index is 13.4. The number of hydrogen-bond acceptors (Lipinski definition) is 3. The van der Waals surface area contributed by atoms with Gasteiger partial charge in [0.25, 0.3) is 0 Å². The van der Waals surface area contributed by atoms with E-state index in [9.17, 15) is 4.39 Å². The molecule has 3 nitrogen and oxygen atoms in total. The van der Waals surface area contributed by atoms with Crippen molar-refractivity contribution >= 4 is 0 Å². The number of morpholine rings is 1. The van der Waals surface area contributed by atoms with Gasteiger partial charge in [-0.25, -0.2) is 4.39 Å². The Bertz CT molecular complexity index is 428. The first-order chi connectivity index (χ1) is 9.33. The fourth-order valence-corrected chi connectivity index (χ4v) is 2.53. The summed E-state index contributed by atoms with van der Waals surface area (Å²) < 4.78 is 25.0. The lowest BCUT2D eigenvalue weighted by Crippen LogP contribution is -2.33. The van der Waals surface area contributed by atoms with Crippen molar-refractivity contribution in [3.8, 4) is 5.75 Å². The minimum Gasteiger partial charge on any atom is -0.493 e. The minimum absolute atomic E-state index is 0.110. The lowest BCUT2D eigenvalue weighted by molar-refractivity contribution is 0.0251. The Labute approximate surface area is 113 Å². The van der Waals surface area contributed by atoms with Gasteiger partial charge in [0.2, 0.25) is 0 Å². The van der Waals surface area contributed by atoms with Gasteiger partial charge in [0, 0.05) is 18.7 Å². The molecule has 4 heteroatoms. The van der Waals surface area contributed by atoms with Crippen LogP contribution >= 0.6 is 0 Å². The normalized spacial score (nSPS) is 23.9. The van der Waals surface area contributed by atoms with E-state index >= 15 is 0 Å². The monoisotopic (exact) mass is 265 g/mol. The quantitative estimate of drug-likeness (QED) is 0.908. The molecular weight excluding hydrogens is 245 g/mol. The van der Waals surface area contributed by atoms with E-state index < -0.39 is 0 Å². The third-order valence-corrected chi connectivity index (χ3v) is 3.95. The van der Waals surface area contributed by atoms with E-state index in [0.717, 1.165) is 24.5 Å². The predicted molar refractivity (Wildman–Crippen MR) is 70.8 cm³/mol. The molecule has 104 valence electrons. The van der Waals surface area contributed by atoms with Gasteiger partial charge in [-0.15, -0.1) is 0 Å². The second kappa shape index (κ2) is 5.88. The first-order valence-corrected chi connectivity index (χ1v) is 7.07. The van der Waals surface area contributed by atoms with E-state index in [4.69, 9.17) is 9.47 Å². The van der Waals surface area contributed by atoms with Crippen LogP contribution in [0.5, 0.6) is 5.75 Å². The largest absolute Gasteiger partial charge is 0.493 e. The van der Waals surface area contributed by atoms with Crippen molar-refractivity contribution in [2.45, 2.75) is 25.4 Å². The maximum absolute atomic E-state index is 13.4. The third kappa shape index (κ3) is 3.07. The van der Waals surface area contributed by atoms with Crippen molar-refractivity contribution in [3.63, 3.8) is 0 Å². The number of rotatable bonds is 4. The molecule has 2 fully saturated rings. The van der Waals surface area contributed by atoms with Crippen molar-refractivity contribution in [2.24, 2.45) is 5.92 Å². The first kappa shape index (κ1) is 12.9. The zero-order valence-corrected chi connectivity index (χ0v) is 11.0. The van der Waals surface area contributed by atoms with Gasteiger partial charge in [0.15, 0.2) is 0 Å². The van der Waals surface area contributed by atoms with Crippen LogP contribution in [0.4, 0.5) is 4.39 Å². The van der Waals surface area contributed by atoms with E-state index in [1.807, 2.05) is 0 Å². The molecule has 0 radical (unpaired) electrons. The van der Waals surface area contributed by atoms with Gasteiger partial charge in [-0.05, 0) is 37.0 Å². The Kier molecular flexibility index (Phi) is 3.99. The standard InChI is InChI=1S/C15H20FNO2/c16-12-4-5-14(19-10-11-2-1-3-11)13(8-12)15-9-17-6-7-18-15/h4-5,8,11,15,17H,1-3,6-7,9-10H2. The number of hydrogen-bond donors (Lipinski definition) is 1. The van der Waals surface area contributed by atoms with Crippen LogP contribution in [-0.4, -0.2) is 26.3 Å². The van der Waals surface area contributed by atoms with Crippen LogP contribution in [-0.2, 0) is 4.74 Å². The summed E-state index contributed by atoms with van der Waals surface area (Å²) in [5, 5.41) is 3.26. The molecule has 0 amide bonds. The molecule has 0 spiro atoms. The topological polar surface area (TPSA) is 30.5 Å². The van der Waals surface area contributed by atoms with Gasteiger partial charge in [0.1, 0.15) is 11.6 Å². The smallest absolute Gasteiger partial charge is 0.125 e. The Hall–Kier alpha value is -1.13. The second-order valence-electron chi connectivity index (χ2n) is 5.35. The summed E-state index contributed by atoms with van der Waals surface area (Å²) in [4.78, 5) is 0. The Balaban J connectivity index is 1.73. The highest BCUT2D eigenvalue weighted by Crippen LogP contribution is 2.32. The maximum Gasteiger partial charge on any atom is 0.125 e. The van der Waals surface area contributed by atoms with Crippen LogP contribution in [0.1, 0.15) is 30.9 Å². The first-order valence-electron chi connectivity index (χ1n) is 7.07. The van der Waals surface area contributed by atoms with Gasteiger partial charge in [-0.3, -0.25) is 0 Å². The van der Waals surface area contributed by atoms with Crippen LogP contribution in [0.2, 0.25) is 0 Å². The van der Waals surface area contributed by atoms with Gasteiger partial charge < -0.3 is 14.8 Å². The number of benzene rings is 1. The molecule has 0 bridgehead atoms. The molecular formula is C15H20FNO2. The molecule has 1 heterocycles. The summed E-state index contributed by atoms with van der Waals surface area (Å²) in [6.45, 7) is 2.95.